The van der Waals surface area contributed by atoms with E-state index in [1.165, 1.54) is 20.3 Å². The molecule has 0 aliphatic carbocycles. The average molecular weight is 287 g/mol. The highest BCUT2D eigenvalue weighted by molar-refractivity contribution is 7.87. The minimum Gasteiger partial charge on any atom is -0.294 e. The number of imidazole rings is 1. The fourth-order valence-corrected chi connectivity index (χ4v) is 2.49. The summed E-state index contributed by atoms with van der Waals surface area (Å²) in [5.74, 6) is -0.0874. The molecule has 0 fully saturated rings. The van der Waals surface area contributed by atoms with Crippen molar-refractivity contribution in [1.82, 2.24) is 13.3 Å². The van der Waals surface area contributed by atoms with E-state index in [9.17, 15) is 13.2 Å². The van der Waals surface area contributed by atoms with Crippen molar-refractivity contribution in [3.05, 3.63) is 17.7 Å². The molecule has 0 aliphatic rings. The first-order valence-corrected chi connectivity index (χ1v) is 7.50. The van der Waals surface area contributed by atoms with Crippen molar-refractivity contribution < 1.29 is 13.2 Å². The molecule has 0 aliphatic heterocycles. The molecule has 108 valence electrons. The number of aldehydes is 1. The van der Waals surface area contributed by atoms with Gasteiger partial charge in [0.15, 0.2) is 12.1 Å². The molecular weight excluding hydrogens is 266 g/mol. The molecule has 6 nitrogen and oxygen atoms in total. The first kappa shape index (κ1) is 15.8. The van der Waals surface area contributed by atoms with Crippen molar-refractivity contribution in [2.75, 3.05) is 14.1 Å². The zero-order valence-corrected chi connectivity index (χ0v) is 12.9. The number of carbonyl (C=O) groups is 1. The number of nitrogens with zero attached hydrogens (tertiary/aromatic N) is 3. The van der Waals surface area contributed by atoms with Crippen LogP contribution in [0.2, 0.25) is 0 Å². The molecule has 0 saturated heterocycles. The average Bonchev–Trinajstić information content (AvgIpc) is 2.71. The number of hydrogen-bond donors (Lipinski definition) is 0. The van der Waals surface area contributed by atoms with Gasteiger partial charge in [-0.15, -0.1) is 0 Å². The summed E-state index contributed by atoms with van der Waals surface area (Å²) in [4.78, 5) is 15.1. The van der Waals surface area contributed by atoms with Crippen molar-refractivity contribution >= 4 is 16.5 Å². The van der Waals surface area contributed by atoms with E-state index < -0.39 is 10.2 Å². The molecule has 0 bridgehead atoms. The molecule has 19 heavy (non-hydrogen) atoms. The highest BCUT2D eigenvalue weighted by atomic mass is 32.2. The van der Waals surface area contributed by atoms with Gasteiger partial charge in [0.05, 0.1) is 5.69 Å². The Bertz CT molecular complexity index is 559. The topological polar surface area (TPSA) is 72.3 Å². The quantitative estimate of drug-likeness (QED) is 0.740. The van der Waals surface area contributed by atoms with Crippen LogP contribution in [-0.2, 0) is 16.6 Å². The summed E-state index contributed by atoms with van der Waals surface area (Å²) in [6.45, 7) is 6.22. The summed E-state index contributed by atoms with van der Waals surface area (Å²) >= 11 is 0. The predicted octanol–water partition coefficient (Wildman–Crippen LogP) is 1.33. The maximum absolute atomic E-state index is 12.1. The molecule has 0 N–H and O–H groups in total. The maximum atomic E-state index is 12.1. The highest BCUT2D eigenvalue weighted by Crippen LogP contribution is 2.25. The van der Waals surface area contributed by atoms with Gasteiger partial charge in [0.2, 0.25) is 0 Å². The Hall–Kier alpha value is -1.21. The summed E-state index contributed by atoms with van der Waals surface area (Å²) < 4.78 is 26.1. The minimum absolute atomic E-state index is 0.0151. The number of carbonyl (C=O) groups excluding carboxylic acids is 1. The Morgan fingerprint density at radius 2 is 2.00 bits per heavy atom. The molecule has 0 amide bonds. The lowest BCUT2D eigenvalue weighted by molar-refractivity contribution is 0.111. The van der Waals surface area contributed by atoms with Crippen LogP contribution in [0.25, 0.3) is 0 Å². The van der Waals surface area contributed by atoms with Crippen LogP contribution < -0.4 is 0 Å². The van der Waals surface area contributed by atoms with Crippen LogP contribution in [0, 0.1) is 5.41 Å². The van der Waals surface area contributed by atoms with E-state index in [4.69, 9.17) is 0 Å². The first-order chi connectivity index (χ1) is 8.64. The summed E-state index contributed by atoms with van der Waals surface area (Å²) in [7, 11) is -0.872. The van der Waals surface area contributed by atoms with Crippen molar-refractivity contribution in [2.24, 2.45) is 5.41 Å². The molecular formula is C12H21N3O3S. The van der Waals surface area contributed by atoms with Gasteiger partial charge in [0.25, 0.3) is 0 Å². The van der Waals surface area contributed by atoms with E-state index in [-0.39, 0.29) is 11.2 Å². The van der Waals surface area contributed by atoms with Crippen LogP contribution in [0.4, 0.5) is 0 Å². The predicted molar refractivity (Wildman–Crippen MR) is 73.4 cm³/mol. The standard InChI is InChI=1S/C12H21N3O3S/c1-6-12(2,3)7-10-8-15(11(9-16)13-10)19(17,18)14(4)5/h8-9H,6-7H2,1-5H3. The van der Waals surface area contributed by atoms with E-state index in [2.05, 4.69) is 25.8 Å². The Morgan fingerprint density at radius 1 is 1.42 bits per heavy atom. The number of aromatic nitrogens is 2. The van der Waals surface area contributed by atoms with Gasteiger partial charge in [-0.3, -0.25) is 4.79 Å². The third kappa shape index (κ3) is 3.42. The Morgan fingerprint density at radius 3 is 2.42 bits per heavy atom. The third-order valence-electron chi connectivity index (χ3n) is 3.18. The van der Waals surface area contributed by atoms with Gasteiger partial charge >= 0.3 is 10.2 Å². The van der Waals surface area contributed by atoms with Gasteiger partial charge in [-0.05, 0) is 11.8 Å². The molecule has 0 unspecified atom stereocenters. The molecule has 0 aromatic carbocycles. The largest absolute Gasteiger partial charge is 0.308 e. The summed E-state index contributed by atoms with van der Waals surface area (Å²) in [5.41, 5.74) is 0.626. The lowest BCUT2D eigenvalue weighted by Crippen LogP contribution is -2.29. The zero-order chi connectivity index (χ0) is 14.8. The second-order valence-electron chi connectivity index (χ2n) is 5.49. The molecule has 0 atom stereocenters. The van der Waals surface area contributed by atoms with Gasteiger partial charge in [0, 0.05) is 20.3 Å². The molecule has 1 aromatic rings. The van der Waals surface area contributed by atoms with Gasteiger partial charge in [0.1, 0.15) is 0 Å². The van der Waals surface area contributed by atoms with Crippen LogP contribution in [0.3, 0.4) is 0 Å². The van der Waals surface area contributed by atoms with E-state index in [0.29, 0.717) is 18.4 Å². The second-order valence-corrected chi connectivity index (χ2v) is 7.51. The Labute approximate surface area is 114 Å². The van der Waals surface area contributed by atoms with E-state index in [1.54, 1.807) is 0 Å². The first-order valence-electron chi connectivity index (χ1n) is 6.10. The summed E-state index contributed by atoms with van der Waals surface area (Å²) in [6.07, 6.45) is 3.46. The van der Waals surface area contributed by atoms with E-state index >= 15 is 0 Å². The fourth-order valence-electron chi connectivity index (χ4n) is 1.57. The third-order valence-corrected chi connectivity index (χ3v) is 4.89. The van der Waals surface area contributed by atoms with Crippen molar-refractivity contribution in [3.63, 3.8) is 0 Å². The second kappa shape index (κ2) is 5.42. The molecule has 1 rings (SSSR count). The van der Waals surface area contributed by atoms with Crippen molar-refractivity contribution in [3.8, 4) is 0 Å². The Balaban J connectivity index is 3.23. The molecule has 0 spiro atoms. The zero-order valence-electron chi connectivity index (χ0n) is 12.0. The lowest BCUT2D eigenvalue weighted by Gasteiger charge is -2.20. The fraction of sp³-hybridized carbons (Fsp3) is 0.667. The lowest BCUT2D eigenvalue weighted by atomic mass is 9.85. The minimum atomic E-state index is -3.70. The van der Waals surface area contributed by atoms with Crippen LogP contribution in [0.15, 0.2) is 6.20 Å². The van der Waals surface area contributed by atoms with Crippen molar-refractivity contribution in [2.45, 2.75) is 33.6 Å². The number of hydrogen-bond acceptors (Lipinski definition) is 4. The van der Waals surface area contributed by atoms with Crippen LogP contribution in [0.5, 0.6) is 0 Å². The smallest absolute Gasteiger partial charge is 0.294 e. The van der Waals surface area contributed by atoms with Crippen LogP contribution in [-0.4, -0.2) is 42.1 Å². The molecule has 0 radical (unpaired) electrons. The normalized spacial score (nSPS) is 12.9. The van der Waals surface area contributed by atoms with E-state index in [0.717, 1.165) is 14.7 Å². The van der Waals surface area contributed by atoms with Crippen LogP contribution >= 0.6 is 0 Å². The molecule has 7 heteroatoms. The molecule has 0 saturated carbocycles. The van der Waals surface area contributed by atoms with Gasteiger partial charge < -0.3 is 0 Å². The monoisotopic (exact) mass is 287 g/mol. The number of rotatable bonds is 6. The highest BCUT2D eigenvalue weighted by Gasteiger charge is 2.24. The van der Waals surface area contributed by atoms with E-state index in [1.807, 2.05) is 0 Å². The van der Waals surface area contributed by atoms with Gasteiger partial charge in [-0.2, -0.15) is 12.7 Å². The summed E-state index contributed by atoms with van der Waals surface area (Å²) in [5, 5.41) is 0. The molecule has 1 heterocycles. The van der Waals surface area contributed by atoms with Gasteiger partial charge in [-0.1, -0.05) is 27.2 Å². The maximum Gasteiger partial charge on any atom is 0.308 e. The Kier molecular flexibility index (Phi) is 4.52. The molecule has 1 aromatic heterocycles. The summed E-state index contributed by atoms with van der Waals surface area (Å²) in [6, 6.07) is 0. The van der Waals surface area contributed by atoms with Gasteiger partial charge in [-0.25, -0.2) is 8.96 Å². The van der Waals surface area contributed by atoms with Crippen molar-refractivity contribution in [1.29, 1.82) is 0 Å². The SMILES string of the molecule is CCC(C)(C)Cc1cn(S(=O)(=O)N(C)C)c(C=O)n1. The van der Waals surface area contributed by atoms with Crippen LogP contribution in [0.1, 0.15) is 43.5 Å².